The molecule has 0 radical (unpaired) electrons. The summed E-state index contributed by atoms with van der Waals surface area (Å²) in [4.78, 5) is -0.515. The van der Waals surface area contributed by atoms with Gasteiger partial charge in [0, 0.05) is 11.4 Å². The van der Waals surface area contributed by atoms with Crippen LogP contribution in [0.15, 0.2) is 58.3 Å². The van der Waals surface area contributed by atoms with Crippen molar-refractivity contribution in [2.24, 2.45) is 22.9 Å². The maximum atomic E-state index is 10.3. The number of anilines is 2. The Morgan fingerprint density at radius 3 is 0.784 bits per heavy atom. The van der Waals surface area contributed by atoms with E-state index in [4.69, 9.17) is 34.4 Å². The minimum Gasteiger partial charge on any atom is -0.744 e. The molecule has 14 nitrogen and oxygen atoms in total. The van der Waals surface area contributed by atoms with Gasteiger partial charge in [-0.2, -0.15) is 0 Å². The largest absolute Gasteiger partial charge is 2.00 e. The van der Waals surface area contributed by atoms with Gasteiger partial charge in [-0.3, -0.25) is 0 Å². The molecule has 0 saturated carbocycles. The third-order valence-corrected chi connectivity index (χ3v) is 4.04. The predicted octanol–water partition coefficient (Wildman–Crippen LogP) is -1.64. The standard InChI is InChI=1S/2C6H7NO3S.4C2H7N.Cd.2H2O/c2*7-5-1-3-6(4-2-5)11(8,9)10;4*1-2-3;;;/h2*1-4H,7H2,(H,8,9,10);4*2-3H2,1H3;;2*1H2/q;;;;;;+2;;. The first kappa shape index (κ1) is 52.1. The van der Waals surface area contributed by atoms with Crippen LogP contribution in [0, 0.1) is 0 Å². The maximum Gasteiger partial charge on any atom is 2.00 e. The molecule has 2 aromatic carbocycles. The fourth-order valence-corrected chi connectivity index (χ4v) is 2.21. The van der Waals surface area contributed by atoms with Crippen LogP contribution in [0.2, 0.25) is 0 Å². The van der Waals surface area contributed by atoms with Crippen LogP contribution in [-0.4, -0.2) is 52.1 Å². The zero-order chi connectivity index (χ0) is 27.8. The van der Waals surface area contributed by atoms with Crippen LogP contribution < -0.4 is 34.4 Å². The second-order valence-corrected chi connectivity index (χ2v) is 8.44. The second-order valence-electron chi connectivity index (χ2n) is 5.68. The van der Waals surface area contributed by atoms with Crippen molar-refractivity contribution in [3.8, 4) is 0 Å². The average molecular weight is 675 g/mol. The van der Waals surface area contributed by atoms with Crippen LogP contribution in [-0.2, 0) is 58.5 Å². The second kappa shape index (κ2) is 32.6. The van der Waals surface area contributed by atoms with E-state index in [1.54, 1.807) is 0 Å². The zero-order valence-corrected chi connectivity index (χ0v) is 27.7. The molecule has 0 fully saturated rings. The Morgan fingerprint density at radius 2 is 0.676 bits per heavy atom. The molecule has 0 aliphatic carbocycles. The van der Waals surface area contributed by atoms with E-state index in [0.29, 0.717) is 11.4 Å². The Bertz CT molecular complexity index is 837. The van der Waals surface area contributed by atoms with E-state index in [-0.39, 0.29) is 48.0 Å². The fourth-order valence-electron chi connectivity index (χ4n) is 1.27. The number of nitrogen functional groups attached to an aromatic ring is 2. The Labute approximate surface area is 241 Å². The first-order valence-electron chi connectivity index (χ1n) is 10.1. The number of hydrogen-bond donors (Lipinski definition) is 6. The summed E-state index contributed by atoms with van der Waals surface area (Å²) in [5.41, 5.74) is 30.8. The van der Waals surface area contributed by atoms with Crippen LogP contribution in [0.3, 0.4) is 0 Å². The predicted molar refractivity (Wildman–Crippen MR) is 146 cm³/mol. The molecule has 2 aromatic rings. The molecule has 0 unspecified atom stereocenters. The monoisotopic (exact) mass is 676 g/mol. The summed E-state index contributed by atoms with van der Waals surface area (Å²) < 4.78 is 62.1. The molecule has 0 aromatic heterocycles. The van der Waals surface area contributed by atoms with Crippen molar-refractivity contribution in [2.45, 2.75) is 37.5 Å². The smallest absolute Gasteiger partial charge is 0.744 e. The first-order chi connectivity index (χ1) is 15.7. The number of benzene rings is 2. The third-order valence-electron chi connectivity index (χ3n) is 2.34. The summed E-state index contributed by atoms with van der Waals surface area (Å²) in [7, 11) is -8.65. The van der Waals surface area contributed by atoms with Gasteiger partial charge in [-0.25, -0.2) is 16.8 Å². The van der Waals surface area contributed by atoms with Gasteiger partial charge in [0.2, 0.25) is 0 Å². The van der Waals surface area contributed by atoms with Crippen molar-refractivity contribution in [1.29, 1.82) is 0 Å². The fraction of sp³-hybridized carbons (Fsp3) is 0.400. The van der Waals surface area contributed by atoms with Gasteiger partial charge >= 0.3 is 27.3 Å². The maximum absolute atomic E-state index is 10.3. The molecule has 0 saturated heterocycles. The van der Waals surface area contributed by atoms with E-state index in [1.807, 2.05) is 27.7 Å². The molecular weight excluding hydrogens is 629 g/mol. The van der Waals surface area contributed by atoms with Crippen molar-refractivity contribution in [3.63, 3.8) is 0 Å². The third kappa shape index (κ3) is 39.2. The first-order valence-corrected chi connectivity index (χ1v) is 12.9. The van der Waals surface area contributed by atoms with Gasteiger partial charge < -0.3 is 54.5 Å². The van der Waals surface area contributed by atoms with Gasteiger partial charge in [0.05, 0.1) is 9.79 Å². The quantitative estimate of drug-likeness (QED) is 0.0903. The summed E-state index contributed by atoms with van der Waals surface area (Å²) in [5, 5.41) is 0. The van der Waals surface area contributed by atoms with Crippen LogP contribution >= 0.6 is 0 Å². The van der Waals surface area contributed by atoms with E-state index in [2.05, 4.69) is 0 Å². The van der Waals surface area contributed by atoms with Gasteiger partial charge in [0.15, 0.2) is 0 Å². The Morgan fingerprint density at radius 1 is 0.541 bits per heavy atom. The van der Waals surface area contributed by atoms with Crippen LogP contribution in [0.4, 0.5) is 11.4 Å². The van der Waals surface area contributed by atoms with Crippen molar-refractivity contribution in [3.05, 3.63) is 48.5 Å². The summed E-state index contributed by atoms with van der Waals surface area (Å²) in [6.07, 6.45) is 0. The van der Waals surface area contributed by atoms with Crippen molar-refractivity contribution < 1.29 is 64.2 Å². The zero-order valence-electron chi connectivity index (χ0n) is 22.0. The van der Waals surface area contributed by atoms with Crippen molar-refractivity contribution in [1.82, 2.24) is 0 Å². The molecule has 216 valence electrons. The molecule has 18 N–H and O–H groups in total. The molecule has 2 rings (SSSR count). The van der Waals surface area contributed by atoms with Crippen molar-refractivity contribution >= 4 is 31.6 Å². The Hall–Kier alpha value is -1.46. The van der Waals surface area contributed by atoms with E-state index < -0.39 is 20.2 Å². The molecule has 0 bridgehead atoms. The van der Waals surface area contributed by atoms with E-state index >= 15 is 0 Å². The van der Waals surface area contributed by atoms with Gasteiger partial charge in [0.1, 0.15) is 20.2 Å². The molecule has 0 amide bonds. The number of rotatable bonds is 2. The molecule has 0 aliphatic heterocycles. The van der Waals surface area contributed by atoms with E-state index in [1.165, 1.54) is 48.5 Å². The van der Waals surface area contributed by atoms with Crippen LogP contribution in [0.1, 0.15) is 27.7 Å². The topological polar surface area (TPSA) is 337 Å². The molecule has 0 spiro atoms. The SMILES string of the molecule is CCN.CCN.CCN.CCN.Nc1ccc(S(=O)(=O)[O-])cc1.Nc1ccc(S(=O)(=O)[O-])cc1.[Cd+2].[OH3+].[OH3+]. The number of hydrogen-bond acceptors (Lipinski definition) is 12. The Balaban J connectivity index is -0.0000000649. The van der Waals surface area contributed by atoms with Gasteiger partial charge in [-0.1, -0.05) is 27.7 Å². The van der Waals surface area contributed by atoms with Gasteiger partial charge in [-0.15, -0.1) is 0 Å². The normalized spacial score (nSPS) is 8.70. The number of nitrogens with two attached hydrogens (primary N) is 6. The van der Waals surface area contributed by atoms with Crippen LogP contribution in [0.25, 0.3) is 0 Å². The van der Waals surface area contributed by atoms with Crippen LogP contribution in [0.5, 0.6) is 0 Å². The van der Waals surface area contributed by atoms with Gasteiger partial charge in [0.25, 0.3) is 0 Å². The Kier molecular flexibility index (Phi) is 45.8. The molecule has 0 aliphatic rings. The van der Waals surface area contributed by atoms with E-state index in [0.717, 1.165) is 26.2 Å². The van der Waals surface area contributed by atoms with Crippen molar-refractivity contribution in [2.75, 3.05) is 37.6 Å². The molecular formula is C20H46CdN6O8S2+2. The minimum atomic E-state index is -4.33. The molecule has 17 heteroatoms. The van der Waals surface area contributed by atoms with Gasteiger partial charge in [-0.05, 0) is 74.7 Å². The molecule has 0 heterocycles. The van der Waals surface area contributed by atoms with E-state index in [9.17, 15) is 25.9 Å². The summed E-state index contributed by atoms with van der Waals surface area (Å²) >= 11 is 0. The summed E-state index contributed by atoms with van der Waals surface area (Å²) in [6.45, 7) is 10.6. The molecule has 37 heavy (non-hydrogen) atoms. The molecule has 0 atom stereocenters. The summed E-state index contributed by atoms with van der Waals surface area (Å²) in [6, 6.07) is 10.2. The average Bonchev–Trinajstić information content (AvgIpc) is 2.70. The minimum absolute atomic E-state index is 0. The summed E-state index contributed by atoms with van der Waals surface area (Å²) in [5.74, 6) is 0.